The van der Waals surface area contributed by atoms with Crippen LogP contribution in [0.15, 0.2) is 49.1 Å². The zero-order valence-electron chi connectivity index (χ0n) is 34.4. The predicted octanol–water partition coefficient (Wildman–Crippen LogP) is 1.16. The number of rotatable bonds is 12. The number of aliphatic hydroxyl groups is 1. The standard InChI is InChI=1S/C44H57IN5O10S/c1-2-36-44(45-36,42(54)49-61(56,57)30-21-22-30)48-39(52)34-25-29-26-50(34)41(53)37(28-14-6-7-15-28)47-43(55)60-35-20-12-16-27(35)13-4-3-5-18-32-38(58-24-11-10-23-51)31-17-8-9-19-33(31)46-40(32)59-29/h2-3,5,8-9,17,19,27-30,34-37,51H,1,4,6-7,10-16,18,20-26H2,(H,47,55)(H,48,52)(H,49,54)/q-1/b5-3+/t27-,29-,34+,35-,36+,37+,44-/m1/s1. The van der Waals surface area contributed by atoms with Gasteiger partial charge in [0.2, 0.25) is 0 Å². The molecule has 0 radical (unpaired) electrons. The summed E-state index contributed by atoms with van der Waals surface area (Å²) in [5.74, 6) is -0.918. The number of ether oxygens (including phenoxy) is 3. The molecule has 8 rings (SSSR count). The van der Waals surface area contributed by atoms with Crippen molar-refractivity contribution in [1.29, 1.82) is 0 Å². The topological polar surface area (TPSA) is 203 Å². The first-order valence-electron chi connectivity index (χ1n) is 21.9. The zero-order valence-corrected chi connectivity index (χ0v) is 37.4. The summed E-state index contributed by atoms with van der Waals surface area (Å²) in [6, 6.07) is 5.54. The van der Waals surface area contributed by atoms with Gasteiger partial charge >= 0.3 is 313 Å². The van der Waals surface area contributed by atoms with Gasteiger partial charge in [-0.2, -0.15) is 0 Å². The summed E-state index contributed by atoms with van der Waals surface area (Å²) in [4.78, 5) is 63.5. The molecule has 4 N–H and O–H groups in total. The second kappa shape index (κ2) is 18.8. The van der Waals surface area contributed by atoms with Gasteiger partial charge in [0, 0.05) is 6.61 Å². The number of aromatic nitrogens is 1. The Kier molecular flexibility index (Phi) is 13.5. The van der Waals surface area contributed by atoms with Crippen molar-refractivity contribution in [2.75, 3.05) is 19.8 Å². The van der Waals surface area contributed by atoms with Crippen molar-refractivity contribution < 1.29 is 68.1 Å². The third-order valence-electron chi connectivity index (χ3n) is 12.9. The van der Waals surface area contributed by atoms with Crippen LogP contribution in [0.25, 0.3) is 10.9 Å². The molecule has 5 fully saturated rings. The number of alkyl carbamates (subject to hydrolysis) is 1. The van der Waals surface area contributed by atoms with Gasteiger partial charge in [-0.25, -0.2) is 0 Å². The fraction of sp³-hybridized carbons (Fsp3) is 0.614. The quantitative estimate of drug-likeness (QED) is 0.0783. The number of alkyl halides is 2. The number of para-hydroxylation sites is 1. The van der Waals surface area contributed by atoms with Crippen LogP contribution in [0.1, 0.15) is 95.5 Å². The fourth-order valence-corrected chi connectivity index (χ4v) is 13.6. The van der Waals surface area contributed by atoms with Gasteiger partial charge in [-0.1, -0.05) is 6.07 Å². The molecule has 1 aromatic carbocycles. The SMILES string of the molecule is C=C[C@@H]1[I-][C@]1(NC(=O)[C@@H]1C[C@@H]2CN1C(=O)[C@H](C1CCCC1)NC(=O)O[C@@H]1CCC[C@H]1CC/C=C/Cc1c(nc3ccccc3c1OCCCCO)O2)C(=O)NS(=O)(=O)C1CC1. The van der Waals surface area contributed by atoms with Crippen molar-refractivity contribution in [3.05, 3.63) is 54.6 Å². The molecule has 7 atom stereocenters. The van der Waals surface area contributed by atoms with E-state index in [-0.39, 0.29) is 37.5 Å². The third-order valence-corrected chi connectivity index (χ3v) is 18.6. The number of halogens is 1. The predicted molar refractivity (Wildman–Crippen MR) is 222 cm³/mol. The first-order chi connectivity index (χ1) is 29.5. The van der Waals surface area contributed by atoms with Crippen molar-refractivity contribution in [2.45, 2.75) is 133 Å². The van der Waals surface area contributed by atoms with Crippen LogP contribution in [0, 0.1) is 11.8 Å². The van der Waals surface area contributed by atoms with Crippen LogP contribution in [0.3, 0.4) is 0 Å². The van der Waals surface area contributed by atoms with Crippen LogP contribution in [-0.2, 0) is 35.6 Å². The second-order valence-electron chi connectivity index (χ2n) is 17.2. The second-order valence-corrected chi connectivity index (χ2v) is 22.8. The molecular weight excluding hydrogens is 917 g/mol. The zero-order chi connectivity index (χ0) is 42.7. The molecule has 3 aliphatic heterocycles. The van der Waals surface area contributed by atoms with Gasteiger partial charge in [-0.15, -0.1) is 0 Å². The van der Waals surface area contributed by atoms with E-state index < -0.39 is 86.0 Å². The number of hydrogen-bond donors (Lipinski definition) is 4. The Bertz CT molecular complexity index is 2140. The van der Waals surface area contributed by atoms with Gasteiger partial charge in [-0.05, 0) is 38.5 Å². The van der Waals surface area contributed by atoms with Crippen LogP contribution in [0.4, 0.5) is 4.79 Å². The molecule has 2 saturated heterocycles. The first-order valence-corrected chi connectivity index (χ1v) is 25.8. The number of unbranched alkanes of at least 4 members (excludes halogenated alkanes) is 1. The van der Waals surface area contributed by atoms with E-state index >= 15 is 4.79 Å². The summed E-state index contributed by atoms with van der Waals surface area (Å²) >= 11 is -1.06. The maximum atomic E-state index is 15.0. The minimum atomic E-state index is -3.90. The van der Waals surface area contributed by atoms with E-state index in [0.717, 1.165) is 63.2 Å². The van der Waals surface area contributed by atoms with E-state index in [1.165, 1.54) is 4.90 Å². The normalized spacial score (nSPS) is 30.3. The number of pyridine rings is 1. The van der Waals surface area contributed by atoms with Crippen molar-refractivity contribution in [3.8, 4) is 11.6 Å². The Morgan fingerprint density at radius 3 is 2.57 bits per heavy atom. The number of carbonyl (C=O) groups is 4. The fourth-order valence-electron chi connectivity index (χ4n) is 9.45. The van der Waals surface area contributed by atoms with Gasteiger partial charge < -0.3 is 5.11 Å². The molecule has 0 spiro atoms. The van der Waals surface area contributed by atoms with Gasteiger partial charge in [0.15, 0.2) is 0 Å². The Labute approximate surface area is 367 Å². The molecule has 1 aromatic heterocycles. The van der Waals surface area contributed by atoms with E-state index in [2.05, 4.69) is 34.1 Å². The third kappa shape index (κ3) is 9.67. The summed E-state index contributed by atoms with van der Waals surface area (Å²) in [5, 5.41) is 15.5. The average Bonchev–Trinajstić information content (AvgIpc) is 4.03. The van der Waals surface area contributed by atoms with E-state index in [1.807, 2.05) is 24.3 Å². The molecule has 3 aliphatic carbocycles. The van der Waals surface area contributed by atoms with E-state index in [9.17, 15) is 27.9 Å². The number of nitrogens with zero attached hydrogens (tertiary/aromatic N) is 2. The molecule has 332 valence electrons. The molecule has 3 saturated carbocycles. The Morgan fingerprint density at radius 2 is 1.82 bits per heavy atom. The molecule has 4 heterocycles. The molecule has 2 bridgehead atoms. The Morgan fingerprint density at radius 1 is 1.03 bits per heavy atom. The number of aliphatic hydroxyl groups excluding tert-OH is 1. The number of hydrogen-bond acceptors (Lipinski definition) is 11. The summed E-state index contributed by atoms with van der Waals surface area (Å²) < 4.78 is 45.4. The molecule has 61 heavy (non-hydrogen) atoms. The van der Waals surface area contributed by atoms with Crippen LogP contribution in [0.2, 0.25) is 0 Å². The summed E-state index contributed by atoms with van der Waals surface area (Å²) in [6.07, 6.45) is 14.2. The Hall–Kier alpha value is -3.97. The number of allylic oxidation sites excluding steroid dienone is 2. The van der Waals surface area contributed by atoms with Crippen molar-refractivity contribution in [2.24, 2.45) is 11.8 Å². The summed E-state index contributed by atoms with van der Waals surface area (Å²) in [7, 11) is -3.90. The number of benzene rings is 1. The number of nitrogens with one attached hydrogen (secondary N) is 3. The molecule has 15 nitrogen and oxygen atoms in total. The first kappa shape index (κ1) is 43.7. The molecule has 6 aliphatic rings. The van der Waals surface area contributed by atoms with E-state index in [0.29, 0.717) is 61.4 Å². The van der Waals surface area contributed by atoms with Crippen LogP contribution in [0.5, 0.6) is 11.6 Å². The molecule has 4 amide bonds. The molecule has 2 aromatic rings. The van der Waals surface area contributed by atoms with Crippen LogP contribution in [-0.4, -0.2) is 104 Å². The average molecular weight is 975 g/mol. The Balaban J connectivity index is 1.16. The van der Waals surface area contributed by atoms with Crippen molar-refractivity contribution >= 4 is 44.7 Å². The minimum absolute atomic E-state index is 0.0206. The maximum absolute atomic E-state index is 15.0. The molecule has 17 heteroatoms. The summed E-state index contributed by atoms with van der Waals surface area (Å²) in [6.45, 7) is 4.25. The number of amides is 4. The van der Waals surface area contributed by atoms with Crippen molar-refractivity contribution in [1.82, 2.24) is 25.2 Å². The van der Waals surface area contributed by atoms with Crippen LogP contribution >= 0.6 is 0 Å². The van der Waals surface area contributed by atoms with Gasteiger partial charge in [0.1, 0.15) is 0 Å². The summed E-state index contributed by atoms with van der Waals surface area (Å²) in [5.41, 5.74) is 1.36. The van der Waals surface area contributed by atoms with E-state index in [1.54, 1.807) is 6.08 Å². The van der Waals surface area contributed by atoms with Gasteiger partial charge in [0.25, 0.3) is 0 Å². The molecular formula is C44H57IN5O10S-. The van der Waals surface area contributed by atoms with Gasteiger partial charge in [-0.3, -0.25) is 0 Å². The van der Waals surface area contributed by atoms with Crippen LogP contribution < -0.4 is 46.0 Å². The van der Waals surface area contributed by atoms with Gasteiger partial charge in [0.05, 0.1) is 0 Å². The van der Waals surface area contributed by atoms with Crippen molar-refractivity contribution in [3.63, 3.8) is 0 Å². The number of fused-ring (bicyclic) bond motifs is 5. The van der Waals surface area contributed by atoms with E-state index in [4.69, 9.17) is 19.2 Å². The number of carbonyl (C=O) groups excluding carboxylic acids is 4. The number of sulfonamides is 1. The monoisotopic (exact) mass is 974 g/mol. The molecule has 0 unspecified atom stereocenters.